The summed E-state index contributed by atoms with van der Waals surface area (Å²) in [7, 11) is 0. The topological polar surface area (TPSA) is 67.2 Å². The van der Waals surface area contributed by atoms with Crippen molar-refractivity contribution in [3.05, 3.63) is 12.5 Å². The first-order valence-electron chi connectivity index (χ1n) is 5.27. The standard InChI is InChI=1S/C10H15N3O2/c14-10(13-9-5-12-15-7-9)6-11-8-3-1-2-4-8/h5,7-8,11H,1-4,6H2,(H,13,14). The van der Waals surface area contributed by atoms with Crippen LogP contribution in [0, 0.1) is 0 Å². The van der Waals surface area contributed by atoms with E-state index in [0.29, 0.717) is 18.3 Å². The van der Waals surface area contributed by atoms with Gasteiger partial charge in [-0.05, 0) is 12.8 Å². The van der Waals surface area contributed by atoms with Crippen molar-refractivity contribution in [2.75, 3.05) is 11.9 Å². The zero-order valence-corrected chi connectivity index (χ0v) is 8.53. The summed E-state index contributed by atoms with van der Waals surface area (Å²) < 4.78 is 4.61. The zero-order valence-electron chi connectivity index (χ0n) is 8.53. The number of carbonyl (C=O) groups excluding carboxylic acids is 1. The summed E-state index contributed by atoms with van der Waals surface area (Å²) in [5.74, 6) is -0.0508. The summed E-state index contributed by atoms with van der Waals surface area (Å²) in [6.45, 7) is 0.357. The van der Waals surface area contributed by atoms with Crippen LogP contribution in [-0.2, 0) is 4.79 Å². The highest BCUT2D eigenvalue weighted by molar-refractivity contribution is 5.91. The van der Waals surface area contributed by atoms with Crippen molar-refractivity contribution < 1.29 is 9.32 Å². The molecule has 1 saturated carbocycles. The normalized spacial score (nSPS) is 16.8. The smallest absolute Gasteiger partial charge is 0.238 e. The summed E-state index contributed by atoms with van der Waals surface area (Å²) in [6.07, 6.45) is 7.79. The van der Waals surface area contributed by atoms with Crippen molar-refractivity contribution in [3.63, 3.8) is 0 Å². The van der Waals surface area contributed by atoms with Gasteiger partial charge in [-0.15, -0.1) is 0 Å². The van der Waals surface area contributed by atoms with Gasteiger partial charge in [0.25, 0.3) is 0 Å². The van der Waals surface area contributed by atoms with Crippen LogP contribution < -0.4 is 10.6 Å². The van der Waals surface area contributed by atoms with Gasteiger partial charge in [0.05, 0.1) is 12.7 Å². The highest BCUT2D eigenvalue weighted by Gasteiger charge is 2.15. The fraction of sp³-hybridized carbons (Fsp3) is 0.600. The SMILES string of the molecule is O=C(CNC1CCCC1)Nc1cnoc1. The number of anilines is 1. The van der Waals surface area contributed by atoms with Crippen LogP contribution in [0.1, 0.15) is 25.7 Å². The Balaban J connectivity index is 1.68. The van der Waals surface area contributed by atoms with Crippen molar-refractivity contribution in [2.24, 2.45) is 0 Å². The molecule has 0 aromatic carbocycles. The van der Waals surface area contributed by atoms with E-state index in [1.807, 2.05) is 0 Å². The lowest BCUT2D eigenvalue weighted by molar-refractivity contribution is -0.115. The second kappa shape index (κ2) is 4.93. The predicted octanol–water partition coefficient (Wildman–Crippen LogP) is 1.15. The van der Waals surface area contributed by atoms with Gasteiger partial charge in [0.2, 0.25) is 5.91 Å². The molecule has 1 fully saturated rings. The van der Waals surface area contributed by atoms with Crippen molar-refractivity contribution in [1.29, 1.82) is 0 Å². The molecule has 1 aromatic rings. The van der Waals surface area contributed by atoms with Crippen LogP contribution in [-0.4, -0.2) is 23.7 Å². The van der Waals surface area contributed by atoms with Crippen LogP contribution in [0.2, 0.25) is 0 Å². The Labute approximate surface area is 88.2 Å². The van der Waals surface area contributed by atoms with Crippen LogP contribution in [0.25, 0.3) is 0 Å². The average molecular weight is 209 g/mol. The van der Waals surface area contributed by atoms with Gasteiger partial charge < -0.3 is 15.2 Å². The van der Waals surface area contributed by atoms with Crippen LogP contribution in [0.5, 0.6) is 0 Å². The molecule has 1 amide bonds. The zero-order chi connectivity index (χ0) is 10.5. The number of carbonyl (C=O) groups is 1. The summed E-state index contributed by atoms with van der Waals surface area (Å²) in [4.78, 5) is 11.4. The maximum atomic E-state index is 11.4. The number of amides is 1. The second-order valence-corrected chi connectivity index (χ2v) is 3.82. The summed E-state index contributed by atoms with van der Waals surface area (Å²) in [5, 5.41) is 9.42. The third-order valence-electron chi connectivity index (χ3n) is 2.62. The monoisotopic (exact) mass is 209 g/mol. The molecule has 0 spiro atoms. The fourth-order valence-corrected chi connectivity index (χ4v) is 1.84. The Kier molecular flexibility index (Phi) is 3.34. The van der Waals surface area contributed by atoms with Gasteiger partial charge >= 0.3 is 0 Å². The van der Waals surface area contributed by atoms with E-state index in [2.05, 4.69) is 20.3 Å². The largest absolute Gasteiger partial charge is 0.363 e. The highest BCUT2D eigenvalue weighted by atomic mass is 16.5. The number of nitrogens with zero attached hydrogens (tertiary/aromatic N) is 1. The maximum absolute atomic E-state index is 11.4. The maximum Gasteiger partial charge on any atom is 0.238 e. The lowest BCUT2D eigenvalue weighted by atomic mass is 10.2. The van der Waals surface area contributed by atoms with E-state index in [0.717, 1.165) is 0 Å². The molecule has 82 valence electrons. The molecule has 0 atom stereocenters. The lowest BCUT2D eigenvalue weighted by Gasteiger charge is -2.10. The van der Waals surface area contributed by atoms with Crippen LogP contribution in [0.15, 0.2) is 17.0 Å². The quantitative estimate of drug-likeness (QED) is 0.780. The molecule has 5 heteroatoms. The molecule has 1 aliphatic carbocycles. The minimum absolute atomic E-state index is 0.0508. The van der Waals surface area contributed by atoms with Gasteiger partial charge in [-0.25, -0.2) is 0 Å². The number of nitrogens with one attached hydrogen (secondary N) is 2. The molecule has 5 nitrogen and oxygen atoms in total. The van der Waals surface area contributed by atoms with Gasteiger partial charge in [-0.2, -0.15) is 0 Å². The molecule has 1 aliphatic rings. The second-order valence-electron chi connectivity index (χ2n) is 3.82. The van der Waals surface area contributed by atoms with E-state index in [4.69, 9.17) is 0 Å². The molecule has 2 rings (SSSR count). The van der Waals surface area contributed by atoms with E-state index in [-0.39, 0.29) is 5.91 Å². The number of aromatic nitrogens is 1. The summed E-state index contributed by atoms with van der Waals surface area (Å²) in [5.41, 5.74) is 0.605. The first-order chi connectivity index (χ1) is 7.34. The summed E-state index contributed by atoms with van der Waals surface area (Å²) >= 11 is 0. The van der Waals surface area contributed by atoms with Crippen LogP contribution >= 0.6 is 0 Å². The minimum atomic E-state index is -0.0508. The van der Waals surface area contributed by atoms with Gasteiger partial charge in [-0.3, -0.25) is 4.79 Å². The van der Waals surface area contributed by atoms with Crippen LogP contribution in [0.4, 0.5) is 5.69 Å². The van der Waals surface area contributed by atoms with Crippen molar-refractivity contribution in [3.8, 4) is 0 Å². The number of hydrogen-bond acceptors (Lipinski definition) is 4. The molecular formula is C10H15N3O2. The van der Waals surface area contributed by atoms with Gasteiger partial charge in [0.1, 0.15) is 12.0 Å². The highest BCUT2D eigenvalue weighted by Crippen LogP contribution is 2.17. The van der Waals surface area contributed by atoms with Gasteiger partial charge in [0, 0.05) is 6.04 Å². The number of hydrogen-bond donors (Lipinski definition) is 2. The molecule has 0 bridgehead atoms. The van der Waals surface area contributed by atoms with E-state index >= 15 is 0 Å². The molecule has 2 N–H and O–H groups in total. The lowest BCUT2D eigenvalue weighted by Crippen LogP contribution is -2.34. The van der Waals surface area contributed by atoms with E-state index < -0.39 is 0 Å². The predicted molar refractivity (Wildman–Crippen MR) is 55.4 cm³/mol. The Morgan fingerprint density at radius 2 is 2.33 bits per heavy atom. The molecular weight excluding hydrogens is 194 g/mol. The Hall–Kier alpha value is -1.36. The summed E-state index contributed by atoms with van der Waals surface area (Å²) in [6, 6.07) is 0.512. The average Bonchev–Trinajstić information content (AvgIpc) is 2.86. The molecule has 0 radical (unpaired) electrons. The van der Waals surface area contributed by atoms with E-state index in [1.54, 1.807) is 0 Å². The van der Waals surface area contributed by atoms with E-state index in [9.17, 15) is 4.79 Å². The van der Waals surface area contributed by atoms with Crippen LogP contribution in [0.3, 0.4) is 0 Å². The van der Waals surface area contributed by atoms with Gasteiger partial charge in [0.15, 0.2) is 0 Å². The molecule has 1 aromatic heterocycles. The first kappa shape index (κ1) is 10.2. The Morgan fingerprint density at radius 3 is 3.00 bits per heavy atom. The fourth-order valence-electron chi connectivity index (χ4n) is 1.84. The third-order valence-corrected chi connectivity index (χ3v) is 2.62. The molecule has 0 aliphatic heterocycles. The Morgan fingerprint density at radius 1 is 1.53 bits per heavy atom. The van der Waals surface area contributed by atoms with Crippen molar-refractivity contribution in [2.45, 2.75) is 31.7 Å². The molecule has 15 heavy (non-hydrogen) atoms. The van der Waals surface area contributed by atoms with E-state index in [1.165, 1.54) is 38.1 Å². The molecule has 0 saturated heterocycles. The van der Waals surface area contributed by atoms with Gasteiger partial charge in [-0.1, -0.05) is 18.0 Å². The van der Waals surface area contributed by atoms with Crippen molar-refractivity contribution in [1.82, 2.24) is 10.5 Å². The minimum Gasteiger partial charge on any atom is -0.363 e. The molecule has 0 unspecified atom stereocenters. The van der Waals surface area contributed by atoms with Crippen molar-refractivity contribution >= 4 is 11.6 Å². The Bertz CT molecular complexity index is 304. The number of rotatable bonds is 4. The first-order valence-corrected chi connectivity index (χ1v) is 5.27. The third kappa shape index (κ3) is 3.06. The molecule has 1 heterocycles.